The highest BCUT2D eigenvalue weighted by molar-refractivity contribution is 14.2. The highest BCUT2D eigenvalue weighted by Gasteiger charge is 2.17. The lowest BCUT2D eigenvalue weighted by Crippen LogP contribution is -2.05. The van der Waals surface area contributed by atoms with E-state index in [0.29, 0.717) is 16.4 Å². The zero-order valence-corrected chi connectivity index (χ0v) is 17.7. The lowest BCUT2D eigenvalue weighted by Gasteiger charge is -2.17. The SMILES string of the molecule is CCc1nn(PI)c2ccc(OC(C)c3c(Cl)cncc3Cl)cc12. The standard InChI is InChI=1S/C16H15Cl2IN3OP/c1-3-14-11-6-10(4-5-15(11)22(21-14)24-19)23-9(2)16-12(17)7-20-8-13(16)18/h4-9,24H,3H2,1-2H3. The number of hydrogen-bond donors (Lipinski definition) is 0. The highest BCUT2D eigenvalue weighted by atomic mass is 127. The molecular formula is C16H15Cl2IN3OP. The van der Waals surface area contributed by atoms with Gasteiger partial charge in [-0.1, -0.05) is 30.1 Å². The van der Waals surface area contributed by atoms with Crippen molar-refractivity contribution >= 4 is 62.5 Å². The molecule has 8 heteroatoms. The quantitative estimate of drug-likeness (QED) is 0.312. The number of halogens is 3. The summed E-state index contributed by atoms with van der Waals surface area (Å²) in [5.41, 5.74) is 2.94. The van der Waals surface area contributed by atoms with Gasteiger partial charge < -0.3 is 4.74 Å². The molecule has 0 fully saturated rings. The number of ether oxygens (including phenoxy) is 1. The minimum absolute atomic E-state index is 0.281. The first-order valence-corrected chi connectivity index (χ1v) is 12.2. The molecule has 0 aliphatic rings. The summed E-state index contributed by atoms with van der Waals surface area (Å²) in [7, 11) is 0. The highest BCUT2D eigenvalue weighted by Crippen LogP contribution is 2.35. The van der Waals surface area contributed by atoms with E-state index in [1.54, 1.807) is 12.4 Å². The van der Waals surface area contributed by atoms with E-state index in [4.69, 9.17) is 27.9 Å². The fourth-order valence-electron chi connectivity index (χ4n) is 2.63. The summed E-state index contributed by atoms with van der Waals surface area (Å²) in [6.45, 7) is 4.03. The molecule has 0 saturated carbocycles. The number of nitrogens with zero attached hydrogens (tertiary/aromatic N) is 3. The number of benzene rings is 1. The number of hydrogen-bond acceptors (Lipinski definition) is 3. The van der Waals surface area contributed by atoms with Gasteiger partial charge in [-0.3, -0.25) is 4.98 Å². The molecule has 4 nitrogen and oxygen atoms in total. The largest absolute Gasteiger partial charge is 0.486 e. The van der Waals surface area contributed by atoms with Crippen LogP contribution in [0, 0.1) is 0 Å². The van der Waals surface area contributed by atoms with Crippen molar-refractivity contribution in [3.63, 3.8) is 0 Å². The van der Waals surface area contributed by atoms with Crippen molar-refractivity contribution in [2.75, 3.05) is 0 Å². The number of aryl methyl sites for hydroxylation is 1. The molecule has 0 N–H and O–H groups in total. The number of rotatable bonds is 5. The Labute approximate surface area is 165 Å². The molecule has 2 atom stereocenters. The number of aromatic nitrogens is 3. The van der Waals surface area contributed by atoms with Gasteiger partial charge in [-0.25, -0.2) is 4.45 Å². The lowest BCUT2D eigenvalue weighted by atomic mass is 10.1. The second kappa shape index (κ2) is 7.73. The minimum atomic E-state index is -0.281. The maximum atomic E-state index is 6.22. The third-order valence-electron chi connectivity index (χ3n) is 3.75. The second-order valence-corrected chi connectivity index (χ2v) is 8.11. The average molecular weight is 494 g/mol. The van der Waals surface area contributed by atoms with Gasteiger partial charge in [0.05, 0.1) is 27.6 Å². The first-order chi connectivity index (χ1) is 11.5. The molecule has 0 spiro atoms. The van der Waals surface area contributed by atoms with Crippen molar-refractivity contribution in [1.29, 1.82) is 0 Å². The summed E-state index contributed by atoms with van der Waals surface area (Å²) in [6, 6.07) is 6.04. The Morgan fingerprint density at radius 1 is 1.29 bits per heavy atom. The van der Waals surface area contributed by atoms with Gasteiger partial charge in [0.1, 0.15) is 11.9 Å². The molecule has 0 bridgehead atoms. The third-order valence-corrected chi connectivity index (χ3v) is 6.23. The van der Waals surface area contributed by atoms with Crippen molar-refractivity contribution in [3.8, 4) is 5.75 Å². The van der Waals surface area contributed by atoms with Gasteiger partial charge in [-0.2, -0.15) is 5.10 Å². The van der Waals surface area contributed by atoms with E-state index in [1.807, 2.05) is 29.6 Å². The first-order valence-electron chi connectivity index (χ1n) is 7.39. The molecule has 0 aliphatic carbocycles. The molecular weight excluding hydrogens is 479 g/mol. The van der Waals surface area contributed by atoms with E-state index in [0.717, 1.165) is 34.3 Å². The Morgan fingerprint density at radius 3 is 2.62 bits per heavy atom. The van der Waals surface area contributed by atoms with Gasteiger partial charge in [0.15, 0.2) is 0 Å². The molecule has 0 saturated heterocycles. The summed E-state index contributed by atoms with van der Waals surface area (Å²) in [4.78, 5) is 3.98. The normalized spacial score (nSPS) is 13.0. The van der Waals surface area contributed by atoms with Crippen molar-refractivity contribution in [2.24, 2.45) is 0 Å². The number of fused-ring (bicyclic) bond motifs is 1. The average Bonchev–Trinajstić information content (AvgIpc) is 2.92. The first kappa shape index (κ1) is 18.2. The topological polar surface area (TPSA) is 39.9 Å². The Balaban J connectivity index is 1.95. The van der Waals surface area contributed by atoms with E-state index < -0.39 is 0 Å². The minimum Gasteiger partial charge on any atom is -0.486 e. The predicted molar refractivity (Wildman–Crippen MR) is 110 cm³/mol. The fourth-order valence-corrected chi connectivity index (χ4v) is 4.85. The van der Waals surface area contributed by atoms with E-state index >= 15 is 0 Å². The zero-order chi connectivity index (χ0) is 17.3. The molecule has 2 heterocycles. The molecule has 3 aromatic rings. The maximum Gasteiger partial charge on any atom is 0.124 e. The Kier molecular flexibility index (Phi) is 5.85. The van der Waals surface area contributed by atoms with Gasteiger partial charge in [0.25, 0.3) is 0 Å². The van der Waals surface area contributed by atoms with Crippen LogP contribution in [0.5, 0.6) is 5.75 Å². The van der Waals surface area contributed by atoms with Crippen LogP contribution in [0.15, 0.2) is 30.6 Å². The molecule has 1 aromatic carbocycles. The van der Waals surface area contributed by atoms with E-state index in [9.17, 15) is 0 Å². The van der Waals surface area contributed by atoms with E-state index in [1.165, 1.54) is 0 Å². The van der Waals surface area contributed by atoms with Crippen LogP contribution in [0.25, 0.3) is 10.9 Å². The fraction of sp³-hybridized carbons (Fsp3) is 0.250. The summed E-state index contributed by atoms with van der Waals surface area (Å²) in [5.74, 6) is 0.769. The predicted octanol–water partition coefficient (Wildman–Crippen LogP) is 6.23. The van der Waals surface area contributed by atoms with Crippen molar-refractivity contribution in [3.05, 3.63) is 51.9 Å². The summed E-state index contributed by atoms with van der Waals surface area (Å²) in [6.07, 6.45) is 4.32. The molecule has 24 heavy (non-hydrogen) atoms. The van der Waals surface area contributed by atoms with E-state index in [2.05, 4.69) is 39.0 Å². The van der Waals surface area contributed by atoms with Crippen molar-refractivity contribution in [2.45, 2.75) is 26.4 Å². The maximum absolute atomic E-state index is 6.22. The molecule has 126 valence electrons. The van der Waals surface area contributed by atoms with Gasteiger partial charge >= 0.3 is 0 Å². The summed E-state index contributed by atoms with van der Waals surface area (Å²) < 4.78 is 8.11. The van der Waals surface area contributed by atoms with Crippen LogP contribution in [0.1, 0.15) is 31.2 Å². The second-order valence-electron chi connectivity index (χ2n) is 5.25. The van der Waals surface area contributed by atoms with Crippen LogP contribution >= 0.6 is 51.6 Å². The lowest BCUT2D eigenvalue weighted by molar-refractivity contribution is 0.227. The summed E-state index contributed by atoms with van der Waals surface area (Å²) in [5, 5.41) is 6.78. The van der Waals surface area contributed by atoms with Crippen LogP contribution in [-0.4, -0.2) is 14.5 Å². The van der Waals surface area contributed by atoms with Crippen molar-refractivity contribution < 1.29 is 4.74 Å². The van der Waals surface area contributed by atoms with Gasteiger partial charge in [-0.15, -0.1) is 0 Å². The molecule has 2 aromatic heterocycles. The van der Waals surface area contributed by atoms with Crippen LogP contribution in [-0.2, 0) is 6.42 Å². The molecule has 0 radical (unpaired) electrons. The molecule has 2 unspecified atom stereocenters. The number of pyridine rings is 1. The van der Waals surface area contributed by atoms with E-state index in [-0.39, 0.29) is 6.10 Å². The van der Waals surface area contributed by atoms with Crippen LogP contribution in [0.2, 0.25) is 10.0 Å². The van der Waals surface area contributed by atoms with Crippen LogP contribution in [0.3, 0.4) is 0 Å². The Bertz CT molecular complexity index is 867. The van der Waals surface area contributed by atoms with Crippen LogP contribution in [0.4, 0.5) is 0 Å². The zero-order valence-electron chi connectivity index (χ0n) is 13.1. The molecule has 0 aliphatic heterocycles. The van der Waals surface area contributed by atoms with Gasteiger partial charge in [0.2, 0.25) is 0 Å². The smallest absolute Gasteiger partial charge is 0.124 e. The Morgan fingerprint density at radius 2 is 2.00 bits per heavy atom. The Hall–Kier alpha value is -0.620. The van der Waals surface area contributed by atoms with Gasteiger partial charge in [-0.05, 0) is 53.6 Å². The molecule has 0 amide bonds. The monoisotopic (exact) mass is 493 g/mol. The van der Waals surface area contributed by atoms with Gasteiger partial charge in [0, 0.05) is 23.3 Å². The molecule has 3 rings (SSSR count). The van der Waals surface area contributed by atoms with Crippen LogP contribution < -0.4 is 4.74 Å². The van der Waals surface area contributed by atoms with Crippen molar-refractivity contribution in [1.82, 2.24) is 14.5 Å². The summed E-state index contributed by atoms with van der Waals surface area (Å²) >= 11 is 14.8. The third kappa shape index (κ3) is 3.50.